The Morgan fingerprint density at radius 2 is 2.15 bits per heavy atom. The Morgan fingerprint density at radius 1 is 1.40 bits per heavy atom. The van der Waals surface area contributed by atoms with Crippen molar-refractivity contribution in [1.29, 1.82) is 0 Å². The highest BCUT2D eigenvalue weighted by Crippen LogP contribution is 2.20. The summed E-state index contributed by atoms with van der Waals surface area (Å²) in [6, 6.07) is 9.39. The van der Waals surface area contributed by atoms with Crippen molar-refractivity contribution in [3.05, 3.63) is 52.3 Å². The average molecular weight is 337 g/mol. The summed E-state index contributed by atoms with van der Waals surface area (Å²) in [7, 11) is 3.47. The second-order valence-corrected chi connectivity index (χ2v) is 5.54. The van der Waals surface area contributed by atoms with Gasteiger partial charge in [-0.1, -0.05) is 12.1 Å². The van der Waals surface area contributed by atoms with Gasteiger partial charge in [-0.2, -0.15) is 0 Å². The van der Waals surface area contributed by atoms with Crippen LogP contribution in [-0.2, 0) is 7.05 Å². The second kappa shape index (κ2) is 6.13. The number of halogens is 1. The topological polar surface area (TPSA) is 43.3 Å². The number of carbonyl (C=O) groups excluding carboxylic acids is 1. The molecule has 1 heterocycles. The van der Waals surface area contributed by atoms with Gasteiger partial charge in [0.2, 0.25) is 0 Å². The van der Waals surface area contributed by atoms with Crippen molar-refractivity contribution in [3.8, 4) is 5.75 Å². The zero-order valence-corrected chi connectivity index (χ0v) is 13.3. The molecule has 0 aliphatic heterocycles. The summed E-state index contributed by atoms with van der Waals surface area (Å²) in [5, 5.41) is 2.98. The van der Waals surface area contributed by atoms with Gasteiger partial charge in [0, 0.05) is 17.7 Å². The maximum Gasteiger partial charge on any atom is 0.268 e. The van der Waals surface area contributed by atoms with Crippen molar-refractivity contribution in [3.63, 3.8) is 0 Å². The number of aryl methyl sites for hydroxylation is 1. The van der Waals surface area contributed by atoms with Crippen molar-refractivity contribution in [2.45, 2.75) is 13.0 Å². The molecule has 0 spiro atoms. The van der Waals surface area contributed by atoms with Crippen LogP contribution in [-0.4, -0.2) is 17.6 Å². The normalized spacial score (nSPS) is 12.0. The third-order valence-corrected chi connectivity index (χ3v) is 3.58. The van der Waals surface area contributed by atoms with Gasteiger partial charge in [0.15, 0.2) is 0 Å². The third-order valence-electron chi connectivity index (χ3n) is 3.15. The first-order valence-electron chi connectivity index (χ1n) is 6.28. The summed E-state index contributed by atoms with van der Waals surface area (Å²) in [5.74, 6) is 0.679. The molecule has 1 aromatic carbocycles. The van der Waals surface area contributed by atoms with Crippen LogP contribution in [0.2, 0.25) is 0 Å². The fourth-order valence-electron chi connectivity index (χ4n) is 2.01. The van der Waals surface area contributed by atoms with Crippen molar-refractivity contribution in [2.24, 2.45) is 7.05 Å². The van der Waals surface area contributed by atoms with Crippen LogP contribution in [0.5, 0.6) is 5.75 Å². The maximum absolute atomic E-state index is 12.2. The van der Waals surface area contributed by atoms with E-state index in [0.717, 1.165) is 15.8 Å². The molecule has 1 atom stereocenters. The minimum absolute atomic E-state index is 0.0914. The lowest BCUT2D eigenvalue weighted by atomic mass is 10.1. The monoisotopic (exact) mass is 336 g/mol. The largest absolute Gasteiger partial charge is 0.497 e. The number of nitrogens with one attached hydrogen (secondary N) is 1. The Morgan fingerprint density at radius 3 is 2.75 bits per heavy atom. The van der Waals surface area contributed by atoms with Crippen molar-refractivity contribution < 1.29 is 9.53 Å². The number of rotatable bonds is 4. The minimum atomic E-state index is -0.103. The molecule has 2 rings (SSSR count). The molecule has 1 aromatic heterocycles. The van der Waals surface area contributed by atoms with Gasteiger partial charge < -0.3 is 14.6 Å². The van der Waals surface area contributed by atoms with Crippen molar-refractivity contribution in [1.82, 2.24) is 9.88 Å². The van der Waals surface area contributed by atoms with Gasteiger partial charge in [-0.15, -0.1) is 0 Å². The van der Waals surface area contributed by atoms with E-state index in [1.807, 2.05) is 44.4 Å². The number of aromatic nitrogens is 1. The van der Waals surface area contributed by atoms with E-state index in [2.05, 4.69) is 21.2 Å². The van der Waals surface area contributed by atoms with Crippen LogP contribution in [0.25, 0.3) is 0 Å². The molecule has 1 unspecified atom stereocenters. The number of hydrogen-bond donors (Lipinski definition) is 1. The lowest BCUT2D eigenvalue weighted by molar-refractivity contribution is 0.0931. The molecule has 0 fully saturated rings. The number of ether oxygens (including phenoxy) is 1. The summed E-state index contributed by atoms with van der Waals surface area (Å²) in [5.41, 5.74) is 1.62. The molecule has 0 bridgehead atoms. The van der Waals surface area contributed by atoms with Gasteiger partial charge in [-0.3, -0.25) is 4.79 Å². The number of amides is 1. The Hall–Kier alpha value is -1.75. The summed E-state index contributed by atoms with van der Waals surface area (Å²) < 4.78 is 7.87. The maximum atomic E-state index is 12.2. The summed E-state index contributed by atoms with van der Waals surface area (Å²) in [4.78, 5) is 12.2. The van der Waals surface area contributed by atoms with Gasteiger partial charge in [0.05, 0.1) is 13.2 Å². The molecule has 4 nitrogen and oxygen atoms in total. The number of methoxy groups -OCH3 is 1. The van der Waals surface area contributed by atoms with Crippen LogP contribution >= 0.6 is 15.9 Å². The molecular weight excluding hydrogens is 320 g/mol. The van der Waals surface area contributed by atoms with Crippen LogP contribution in [0.4, 0.5) is 0 Å². The Bertz CT molecular complexity index is 622. The molecule has 1 N–H and O–H groups in total. The predicted molar refractivity (Wildman–Crippen MR) is 82.0 cm³/mol. The molecule has 5 heteroatoms. The number of nitrogens with zero attached hydrogens (tertiary/aromatic N) is 1. The van der Waals surface area contributed by atoms with Gasteiger partial charge in [-0.25, -0.2) is 0 Å². The zero-order chi connectivity index (χ0) is 14.7. The van der Waals surface area contributed by atoms with Crippen LogP contribution in [0.3, 0.4) is 0 Å². The molecule has 0 saturated carbocycles. The molecule has 0 saturated heterocycles. The van der Waals surface area contributed by atoms with Crippen molar-refractivity contribution >= 4 is 21.8 Å². The van der Waals surface area contributed by atoms with E-state index < -0.39 is 0 Å². The van der Waals surface area contributed by atoms with Crippen LogP contribution in [0.15, 0.2) is 41.0 Å². The Labute approximate surface area is 126 Å². The molecule has 0 radical (unpaired) electrons. The first-order chi connectivity index (χ1) is 9.51. The fraction of sp³-hybridized carbons (Fsp3) is 0.267. The van der Waals surface area contributed by atoms with E-state index in [0.29, 0.717) is 5.69 Å². The highest BCUT2D eigenvalue weighted by atomic mass is 79.9. The van der Waals surface area contributed by atoms with Crippen LogP contribution in [0.1, 0.15) is 29.0 Å². The van der Waals surface area contributed by atoms with E-state index in [-0.39, 0.29) is 11.9 Å². The third kappa shape index (κ3) is 3.22. The summed E-state index contributed by atoms with van der Waals surface area (Å²) in [6.45, 7) is 1.95. The Balaban J connectivity index is 2.12. The predicted octanol–water partition coefficient (Wildman–Crippen LogP) is 3.29. The molecular formula is C15H17BrN2O2. The van der Waals surface area contributed by atoms with Crippen LogP contribution < -0.4 is 10.1 Å². The standard InChI is InChI=1S/C15H17BrN2O2/c1-10(11-5-4-6-13(7-11)20-3)17-15(19)14-8-12(16)9-18(14)2/h4-10H,1-3H3,(H,17,19). The van der Waals surface area contributed by atoms with E-state index in [4.69, 9.17) is 4.74 Å². The second-order valence-electron chi connectivity index (χ2n) is 4.63. The SMILES string of the molecule is COc1cccc(C(C)NC(=O)c2cc(Br)cn2C)c1. The van der Waals surface area contributed by atoms with E-state index in [1.54, 1.807) is 17.7 Å². The first-order valence-corrected chi connectivity index (χ1v) is 7.07. The van der Waals surface area contributed by atoms with Gasteiger partial charge in [0.25, 0.3) is 5.91 Å². The van der Waals surface area contributed by atoms with Crippen LogP contribution in [0, 0.1) is 0 Å². The average Bonchev–Trinajstić information content (AvgIpc) is 2.77. The number of hydrogen-bond acceptors (Lipinski definition) is 2. The minimum Gasteiger partial charge on any atom is -0.497 e. The van der Waals surface area contributed by atoms with Crippen molar-refractivity contribution in [2.75, 3.05) is 7.11 Å². The number of carbonyl (C=O) groups is 1. The highest BCUT2D eigenvalue weighted by molar-refractivity contribution is 9.10. The highest BCUT2D eigenvalue weighted by Gasteiger charge is 2.15. The fourth-order valence-corrected chi connectivity index (χ4v) is 2.54. The molecule has 0 aliphatic carbocycles. The number of benzene rings is 1. The molecule has 1 amide bonds. The Kier molecular flexibility index (Phi) is 4.49. The lowest BCUT2D eigenvalue weighted by Crippen LogP contribution is -2.28. The quantitative estimate of drug-likeness (QED) is 0.930. The first kappa shape index (κ1) is 14.7. The molecule has 20 heavy (non-hydrogen) atoms. The van der Waals surface area contributed by atoms with E-state index in [9.17, 15) is 4.79 Å². The summed E-state index contributed by atoms with van der Waals surface area (Å²) >= 11 is 3.36. The molecule has 2 aromatic rings. The lowest BCUT2D eigenvalue weighted by Gasteiger charge is -2.15. The van der Waals surface area contributed by atoms with Gasteiger partial charge >= 0.3 is 0 Å². The van der Waals surface area contributed by atoms with E-state index >= 15 is 0 Å². The molecule has 106 valence electrons. The van der Waals surface area contributed by atoms with Gasteiger partial charge in [-0.05, 0) is 46.6 Å². The molecule has 0 aliphatic rings. The smallest absolute Gasteiger partial charge is 0.268 e. The summed E-state index contributed by atoms with van der Waals surface area (Å²) in [6.07, 6.45) is 1.85. The van der Waals surface area contributed by atoms with E-state index in [1.165, 1.54) is 0 Å². The van der Waals surface area contributed by atoms with Gasteiger partial charge in [0.1, 0.15) is 11.4 Å². The zero-order valence-electron chi connectivity index (χ0n) is 11.7.